The Balaban J connectivity index is 1.75. The number of hydrogen-bond donors (Lipinski definition) is 0. The summed E-state index contributed by atoms with van der Waals surface area (Å²) in [5, 5.41) is 3.91. The second-order valence-corrected chi connectivity index (χ2v) is 3.49. The fourth-order valence-electron chi connectivity index (χ4n) is 1.02. The lowest BCUT2D eigenvalue weighted by Gasteiger charge is -1.97. The topological polar surface area (TPSA) is 21.6 Å². The van der Waals surface area contributed by atoms with E-state index in [-0.39, 0.29) is 0 Å². The molecule has 0 N–H and O–H groups in total. The highest BCUT2D eigenvalue weighted by Gasteiger charge is 2.18. The zero-order valence-corrected chi connectivity index (χ0v) is 7.96. The second-order valence-electron chi connectivity index (χ2n) is 3.49. The summed E-state index contributed by atoms with van der Waals surface area (Å²) in [5.74, 6) is 0.737. The molecule has 0 amide bonds. The van der Waals surface area contributed by atoms with E-state index in [1.807, 2.05) is 6.21 Å². The maximum absolute atomic E-state index is 5.10. The molecule has 1 saturated carbocycles. The molecule has 0 saturated heterocycles. The van der Waals surface area contributed by atoms with E-state index in [1.54, 1.807) is 0 Å². The van der Waals surface area contributed by atoms with Gasteiger partial charge in [-0.3, -0.25) is 0 Å². The Bertz CT molecular complexity index is 130. The maximum Gasteiger partial charge on any atom is 0.117 e. The van der Waals surface area contributed by atoms with Crippen LogP contribution in [0.15, 0.2) is 5.16 Å². The van der Waals surface area contributed by atoms with Crippen LogP contribution in [0.3, 0.4) is 0 Å². The number of unbranched alkanes of at least 4 members (excludes halogenated alkanes) is 3. The Morgan fingerprint density at radius 1 is 1.33 bits per heavy atom. The third kappa shape index (κ3) is 5.16. The summed E-state index contributed by atoms with van der Waals surface area (Å²) in [4.78, 5) is 5.10. The van der Waals surface area contributed by atoms with Crippen LogP contribution in [0.25, 0.3) is 0 Å². The van der Waals surface area contributed by atoms with Gasteiger partial charge in [0.1, 0.15) is 6.61 Å². The summed E-state index contributed by atoms with van der Waals surface area (Å²) in [7, 11) is 0. The molecular weight excluding hydrogens is 150 g/mol. The molecule has 0 aromatic heterocycles. The van der Waals surface area contributed by atoms with Crippen molar-refractivity contribution in [3.8, 4) is 0 Å². The lowest BCUT2D eigenvalue weighted by atomic mass is 10.2. The van der Waals surface area contributed by atoms with Crippen molar-refractivity contribution < 1.29 is 4.84 Å². The highest BCUT2D eigenvalue weighted by atomic mass is 16.6. The van der Waals surface area contributed by atoms with Crippen LogP contribution in [0.1, 0.15) is 45.4 Å². The van der Waals surface area contributed by atoms with Crippen LogP contribution >= 0.6 is 0 Å². The Labute approximate surface area is 75.0 Å². The van der Waals surface area contributed by atoms with Crippen LogP contribution < -0.4 is 0 Å². The van der Waals surface area contributed by atoms with Gasteiger partial charge in [0.25, 0.3) is 0 Å². The average molecular weight is 169 g/mol. The third-order valence-electron chi connectivity index (χ3n) is 2.06. The highest BCUT2D eigenvalue weighted by Crippen LogP contribution is 2.26. The molecule has 0 aliphatic heterocycles. The largest absolute Gasteiger partial charge is 0.396 e. The van der Waals surface area contributed by atoms with E-state index in [2.05, 4.69) is 12.1 Å². The minimum absolute atomic E-state index is 0.737. The summed E-state index contributed by atoms with van der Waals surface area (Å²) < 4.78 is 0. The Hall–Kier alpha value is -0.530. The van der Waals surface area contributed by atoms with Gasteiger partial charge in [-0.05, 0) is 31.6 Å². The molecule has 1 fully saturated rings. The first kappa shape index (κ1) is 9.56. The maximum atomic E-state index is 5.10. The van der Waals surface area contributed by atoms with E-state index in [0.717, 1.165) is 18.9 Å². The lowest BCUT2D eigenvalue weighted by Crippen LogP contribution is -1.88. The van der Waals surface area contributed by atoms with Crippen LogP contribution in [0.5, 0.6) is 0 Å². The van der Waals surface area contributed by atoms with Gasteiger partial charge in [-0.1, -0.05) is 24.9 Å². The summed E-state index contributed by atoms with van der Waals surface area (Å²) in [6.45, 7) is 3.01. The third-order valence-corrected chi connectivity index (χ3v) is 2.06. The van der Waals surface area contributed by atoms with E-state index in [0.29, 0.717) is 0 Å². The van der Waals surface area contributed by atoms with E-state index >= 15 is 0 Å². The molecule has 0 atom stereocenters. The molecule has 70 valence electrons. The second kappa shape index (κ2) is 6.04. The van der Waals surface area contributed by atoms with E-state index < -0.39 is 0 Å². The first-order valence-corrected chi connectivity index (χ1v) is 5.09. The van der Waals surface area contributed by atoms with Crippen molar-refractivity contribution in [2.45, 2.75) is 45.4 Å². The molecule has 0 aromatic rings. The Morgan fingerprint density at radius 3 is 2.83 bits per heavy atom. The van der Waals surface area contributed by atoms with Gasteiger partial charge in [0, 0.05) is 6.21 Å². The molecule has 1 aliphatic carbocycles. The van der Waals surface area contributed by atoms with Crippen molar-refractivity contribution in [3.63, 3.8) is 0 Å². The first-order chi connectivity index (χ1) is 5.93. The van der Waals surface area contributed by atoms with Crippen LogP contribution in [0.4, 0.5) is 0 Å². The van der Waals surface area contributed by atoms with Gasteiger partial charge in [0.15, 0.2) is 0 Å². The molecular formula is C10H19NO. The minimum Gasteiger partial charge on any atom is -0.396 e. The van der Waals surface area contributed by atoms with Gasteiger partial charge >= 0.3 is 0 Å². The molecule has 0 aromatic carbocycles. The van der Waals surface area contributed by atoms with Crippen molar-refractivity contribution in [1.29, 1.82) is 0 Å². The summed E-state index contributed by atoms with van der Waals surface area (Å²) in [6.07, 6.45) is 9.58. The molecule has 0 heterocycles. The van der Waals surface area contributed by atoms with Gasteiger partial charge in [-0.15, -0.1) is 0 Å². The van der Waals surface area contributed by atoms with E-state index in [9.17, 15) is 0 Å². The van der Waals surface area contributed by atoms with Crippen LogP contribution in [0, 0.1) is 5.92 Å². The summed E-state index contributed by atoms with van der Waals surface area (Å²) >= 11 is 0. The van der Waals surface area contributed by atoms with Gasteiger partial charge in [-0.25, -0.2) is 0 Å². The molecule has 0 radical (unpaired) electrons. The van der Waals surface area contributed by atoms with Crippen LogP contribution in [-0.2, 0) is 4.84 Å². The molecule has 1 aliphatic rings. The zero-order valence-electron chi connectivity index (χ0n) is 7.96. The molecule has 0 unspecified atom stereocenters. The fourth-order valence-corrected chi connectivity index (χ4v) is 1.02. The van der Waals surface area contributed by atoms with Crippen molar-refractivity contribution in [1.82, 2.24) is 0 Å². The number of hydrogen-bond acceptors (Lipinski definition) is 2. The van der Waals surface area contributed by atoms with E-state index in [1.165, 1.54) is 32.1 Å². The molecule has 0 bridgehead atoms. The average Bonchev–Trinajstić information content (AvgIpc) is 2.87. The fraction of sp³-hybridized carbons (Fsp3) is 0.900. The predicted molar refractivity (Wildman–Crippen MR) is 51.3 cm³/mol. The Kier molecular flexibility index (Phi) is 4.81. The van der Waals surface area contributed by atoms with Crippen molar-refractivity contribution in [3.05, 3.63) is 0 Å². The van der Waals surface area contributed by atoms with Crippen LogP contribution in [-0.4, -0.2) is 12.8 Å². The highest BCUT2D eigenvalue weighted by molar-refractivity contribution is 5.62. The normalized spacial score (nSPS) is 17.1. The van der Waals surface area contributed by atoms with Crippen molar-refractivity contribution in [2.24, 2.45) is 11.1 Å². The lowest BCUT2D eigenvalue weighted by molar-refractivity contribution is 0.140. The smallest absolute Gasteiger partial charge is 0.117 e. The molecule has 2 nitrogen and oxygen atoms in total. The summed E-state index contributed by atoms with van der Waals surface area (Å²) in [5.41, 5.74) is 0. The number of rotatable bonds is 7. The first-order valence-electron chi connectivity index (χ1n) is 5.09. The molecule has 12 heavy (non-hydrogen) atoms. The number of nitrogens with zero attached hydrogens (tertiary/aromatic N) is 1. The van der Waals surface area contributed by atoms with Crippen LogP contribution in [0.2, 0.25) is 0 Å². The van der Waals surface area contributed by atoms with Gasteiger partial charge in [0.2, 0.25) is 0 Å². The van der Waals surface area contributed by atoms with Gasteiger partial charge in [-0.2, -0.15) is 0 Å². The summed E-state index contributed by atoms with van der Waals surface area (Å²) in [6, 6.07) is 0. The van der Waals surface area contributed by atoms with Crippen molar-refractivity contribution >= 4 is 6.21 Å². The molecule has 2 heteroatoms. The van der Waals surface area contributed by atoms with Crippen molar-refractivity contribution in [2.75, 3.05) is 6.61 Å². The van der Waals surface area contributed by atoms with Gasteiger partial charge < -0.3 is 4.84 Å². The Morgan fingerprint density at radius 2 is 2.17 bits per heavy atom. The molecule has 1 rings (SSSR count). The zero-order chi connectivity index (χ0) is 8.65. The SMILES string of the molecule is CCCCCCON=CC1CC1. The monoisotopic (exact) mass is 169 g/mol. The molecule has 0 spiro atoms. The number of oxime groups is 1. The minimum atomic E-state index is 0.737. The predicted octanol–water partition coefficient (Wildman–Crippen LogP) is 2.98. The van der Waals surface area contributed by atoms with Gasteiger partial charge in [0.05, 0.1) is 0 Å². The van der Waals surface area contributed by atoms with E-state index in [4.69, 9.17) is 4.84 Å². The quantitative estimate of drug-likeness (QED) is 0.326. The standard InChI is InChI=1S/C10H19NO/c1-2-3-4-5-8-12-11-9-10-6-7-10/h9-10H,2-8H2,1H3.